The highest BCUT2D eigenvalue weighted by atomic mass is 35.5. The molecule has 1 aliphatic heterocycles. The predicted molar refractivity (Wildman–Crippen MR) is 119 cm³/mol. The Bertz CT molecular complexity index is 1090. The summed E-state index contributed by atoms with van der Waals surface area (Å²) >= 11 is 13.3. The van der Waals surface area contributed by atoms with Crippen LogP contribution in [0.5, 0.6) is 0 Å². The van der Waals surface area contributed by atoms with Crippen LogP contribution in [0.4, 0.5) is 11.4 Å². The third-order valence-electron chi connectivity index (χ3n) is 4.53. The molecule has 0 unspecified atom stereocenters. The fourth-order valence-corrected chi connectivity index (χ4v) is 7.44. The lowest BCUT2D eigenvalue weighted by molar-refractivity contribution is 0.523. The van der Waals surface area contributed by atoms with Gasteiger partial charge in [-0.15, -0.1) is 22.9 Å². The van der Waals surface area contributed by atoms with E-state index in [1.165, 1.54) is 26.2 Å². The SMILES string of the molecule is CN(C)S(=O)(=O)c1ccc(S(=O)(=O)Nc2cccc(Cl)c2N2CCC(Cl)CC2)s1. The third-order valence-corrected chi connectivity index (χ3v) is 10.5. The first kappa shape index (κ1) is 22.6. The Morgan fingerprint density at radius 2 is 1.69 bits per heavy atom. The smallest absolute Gasteiger partial charge is 0.271 e. The second-order valence-electron chi connectivity index (χ2n) is 6.76. The van der Waals surface area contributed by atoms with Crippen molar-refractivity contribution in [3.63, 3.8) is 0 Å². The summed E-state index contributed by atoms with van der Waals surface area (Å²) in [6.45, 7) is 1.33. The molecule has 7 nitrogen and oxygen atoms in total. The largest absolute Gasteiger partial charge is 0.369 e. The predicted octanol–water partition coefficient (Wildman–Crippen LogP) is 3.66. The molecule has 3 rings (SSSR count). The monoisotopic (exact) mass is 497 g/mol. The van der Waals surface area contributed by atoms with Gasteiger partial charge in [-0.05, 0) is 37.1 Å². The Labute approximate surface area is 185 Å². The van der Waals surface area contributed by atoms with Crippen molar-refractivity contribution in [2.24, 2.45) is 0 Å². The highest BCUT2D eigenvalue weighted by molar-refractivity contribution is 7.96. The molecule has 160 valence electrons. The van der Waals surface area contributed by atoms with Crippen LogP contribution in [0.3, 0.4) is 0 Å². The molecule has 2 aromatic rings. The second-order valence-corrected chi connectivity index (χ2v) is 13.2. The maximum absolute atomic E-state index is 12.9. The number of halogens is 2. The number of sulfonamides is 2. The van der Waals surface area contributed by atoms with Gasteiger partial charge in [0.1, 0.15) is 8.42 Å². The van der Waals surface area contributed by atoms with Crippen molar-refractivity contribution in [3.8, 4) is 0 Å². The molecule has 12 heteroatoms. The Morgan fingerprint density at radius 1 is 1.07 bits per heavy atom. The van der Waals surface area contributed by atoms with E-state index >= 15 is 0 Å². The van der Waals surface area contributed by atoms with Gasteiger partial charge in [0.25, 0.3) is 20.0 Å². The maximum Gasteiger partial charge on any atom is 0.271 e. The summed E-state index contributed by atoms with van der Waals surface area (Å²) in [6.07, 6.45) is 1.55. The van der Waals surface area contributed by atoms with Crippen LogP contribution in [-0.4, -0.2) is 53.7 Å². The number of alkyl halides is 1. The van der Waals surface area contributed by atoms with E-state index in [-0.39, 0.29) is 13.8 Å². The van der Waals surface area contributed by atoms with Gasteiger partial charge >= 0.3 is 0 Å². The minimum Gasteiger partial charge on any atom is -0.369 e. The molecule has 1 fully saturated rings. The van der Waals surface area contributed by atoms with Gasteiger partial charge < -0.3 is 4.90 Å². The molecule has 0 amide bonds. The molecule has 2 heterocycles. The Balaban J connectivity index is 1.92. The van der Waals surface area contributed by atoms with E-state index in [1.54, 1.807) is 18.2 Å². The number of hydrogen-bond acceptors (Lipinski definition) is 6. The first-order valence-corrected chi connectivity index (χ1v) is 13.3. The molecular formula is C17H21Cl2N3O4S3. The Kier molecular flexibility index (Phi) is 6.72. The highest BCUT2D eigenvalue weighted by Gasteiger charge is 2.27. The average Bonchev–Trinajstić information content (AvgIpc) is 3.14. The van der Waals surface area contributed by atoms with Crippen molar-refractivity contribution in [1.82, 2.24) is 4.31 Å². The van der Waals surface area contributed by atoms with E-state index < -0.39 is 20.0 Å². The van der Waals surface area contributed by atoms with Crippen molar-refractivity contribution < 1.29 is 16.8 Å². The maximum atomic E-state index is 12.9. The molecular weight excluding hydrogens is 477 g/mol. The van der Waals surface area contributed by atoms with Gasteiger partial charge in [0.05, 0.1) is 16.4 Å². The summed E-state index contributed by atoms with van der Waals surface area (Å²) in [6, 6.07) is 7.57. The summed E-state index contributed by atoms with van der Waals surface area (Å²) < 4.78 is 53.8. The van der Waals surface area contributed by atoms with Crippen LogP contribution in [0.1, 0.15) is 12.8 Å². The second kappa shape index (κ2) is 8.60. The van der Waals surface area contributed by atoms with Gasteiger partial charge in [0, 0.05) is 32.6 Å². The van der Waals surface area contributed by atoms with E-state index in [9.17, 15) is 16.8 Å². The number of rotatable bonds is 6. The van der Waals surface area contributed by atoms with Crippen LogP contribution in [-0.2, 0) is 20.0 Å². The van der Waals surface area contributed by atoms with Crippen LogP contribution < -0.4 is 9.62 Å². The lowest BCUT2D eigenvalue weighted by Crippen LogP contribution is -2.34. The first-order chi connectivity index (χ1) is 13.5. The molecule has 1 N–H and O–H groups in total. The van der Waals surface area contributed by atoms with E-state index in [0.717, 1.165) is 17.1 Å². The van der Waals surface area contributed by atoms with Crippen LogP contribution >= 0.6 is 34.5 Å². The number of thiophene rings is 1. The van der Waals surface area contributed by atoms with E-state index in [2.05, 4.69) is 4.72 Å². The van der Waals surface area contributed by atoms with Crippen LogP contribution in [0.15, 0.2) is 38.8 Å². The van der Waals surface area contributed by atoms with E-state index in [4.69, 9.17) is 23.2 Å². The number of nitrogens with zero attached hydrogens (tertiary/aromatic N) is 2. The van der Waals surface area contributed by atoms with Gasteiger partial charge in [-0.1, -0.05) is 17.7 Å². The van der Waals surface area contributed by atoms with Gasteiger partial charge in [-0.25, -0.2) is 21.1 Å². The lowest BCUT2D eigenvalue weighted by atomic mass is 10.1. The van der Waals surface area contributed by atoms with Gasteiger partial charge in [0.2, 0.25) is 0 Å². The molecule has 1 aliphatic rings. The number of nitrogens with one attached hydrogen (secondary N) is 1. The number of para-hydroxylation sites is 1. The molecule has 0 radical (unpaired) electrons. The Hall–Kier alpha value is -1.04. The quantitative estimate of drug-likeness (QED) is 0.615. The number of piperidine rings is 1. The summed E-state index contributed by atoms with van der Waals surface area (Å²) in [4.78, 5) is 2.01. The number of hydrogen-bond donors (Lipinski definition) is 1. The van der Waals surface area contributed by atoms with Crippen molar-refractivity contribution >= 4 is 66.0 Å². The average molecular weight is 498 g/mol. The minimum atomic E-state index is -3.99. The van der Waals surface area contributed by atoms with Gasteiger partial charge in [0.15, 0.2) is 0 Å². The number of anilines is 2. The summed E-state index contributed by atoms with van der Waals surface area (Å²) in [5, 5.41) is 0.525. The molecule has 0 spiro atoms. The van der Waals surface area contributed by atoms with Gasteiger partial charge in [-0.3, -0.25) is 4.72 Å². The fraction of sp³-hybridized carbons (Fsp3) is 0.412. The van der Waals surface area contributed by atoms with Gasteiger partial charge in [-0.2, -0.15) is 0 Å². The first-order valence-electron chi connectivity index (χ1n) is 8.75. The van der Waals surface area contributed by atoms with E-state index in [0.29, 0.717) is 40.8 Å². The van der Waals surface area contributed by atoms with Crippen LogP contribution in [0, 0.1) is 0 Å². The zero-order valence-electron chi connectivity index (χ0n) is 15.8. The zero-order valence-corrected chi connectivity index (χ0v) is 19.8. The van der Waals surface area contributed by atoms with Crippen molar-refractivity contribution in [3.05, 3.63) is 35.4 Å². The molecule has 0 aliphatic carbocycles. The zero-order chi connectivity index (χ0) is 21.4. The fourth-order valence-electron chi connectivity index (χ4n) is 2.95. The van der Waals surface area contributed by atoms with Crippen LogP contribution in [0.25, 0.3) is 0 Å². The topological polar surface area (TPSA) is 86.8 Å². The van der Waals surface area contributed by atoms with Crippen LogP contribution in [0.2, 0.25) is 5.02 Å². The van der Waals surface area contributed by atoms with Crippen molar-refractivity contribution in [2.45, 2.75) is 26.6 Å². The normalized spacial score (nSPS) is 16.4. The summed E-state index contributed by atoms with van der Waals surface area (Å²) in [5.41, 5.74) is 0.940. The minimum absolute atomic E-state index is 0.0432. The molecule has 1 aromatic heterocycles. The molecule has 0 saturated carbocycles. The standard InChI is InChI=1S/C17H21Cl2N3O4S3/c1-21(2)29(25,26)16-7-6-15(27-16)28(23,24)20-14-5-3-4-13(19)17(14)22-10-8-12(18)9-11-22/h3-7,12,20H,8-11H2,1-2H3. The highest BCUT2D eigenvalue weighted by Crippen LogP contribution is 2.38. The molecule has 29 heavy (non-hydrogen) atoms. The van der Waals surface area contributed by atoms with E-state index in [1.807, 2.05) is 4.90 Å². The third kappa shape index (κ3) is 4.83. The molecule has 1 saturated heterocycles. The summed E-state index contributed by atoms with van der Waals surface area (Å²) in [7, 11) is -4.92. The molecule has 0 atom stereocenters. The lowest BCUT2D eigenvalue weighted by Gasteiger charge is -2.33. The summed E-state index contributed by atoms with van der Waals surface area (Å²) in [5.74, 6) is 0. The van der Waals surface area contributed by atoms with Crippen molar-refractivity contribution in [1.29, 1.82) is 0 Å². The van der Waals surface area contributed by atoms with Crippen molar-refractivity contribution in [2.75, 3.05) is 36.8 Å². The Morgan fingerprint density at radius 3 is 2.31 bits per heavy atom. The molecule has 0 bridgehead atoms. The molecule has 1 aromatic carbocycles. The number of benzene rings is 1.